The maximum Gasteiger partial charge on any atom is 0.270 e. The van der Waals surface area contributed by atoms with Crippen LogP contribution in [-0.2, 0) is 13.5 Å². The first kappa shape index (κ1) is 23.4. The average Bonchev–Trinajstić information content (AvgIpc) is 3.22. The Morgan fingerprint density at radius 1 is 1.06 bits per heavy atom. The predicted octanol–water partition coefficient (Wildman–Crippen LogP) is 3.49. The van der Waals surface area contributed by atoms with Gasteiger partial charge in [-0.15, -0.1) is 0 Å². The molecule has 0 bridgehead atoms. The molecule has 0 saturated carbocycles. The van der Waals surface area contributed by atoms with E-state index in [4.69, 9.17) is 4.98 Å². The molecule has 10 nitrogen and oxygen atoms in total. The highest BCUT2D eigenvalue weighted by Crippen LogP contribution is 2.22. The highest BCUT2D eigenvalue weighted by Gasteiger charge is 2.19. The number of nitrogens with one attached hydrogen (secondary N) is 1. The molecule has 0 spiro atoms. The van der Waals surface area contributed by atoms with Gasteiger partial charge in [-0.3, -0.25) is 19.8 Å². The fraction of sp³-hybridized carbons (Fsp3) is 0.269. The number of nitrogens with zero attached hydrogens (tertiary/aromatic N) is 6. The van der Waals surface area contributed by atoms with Crippen LogP contribution in [0, 0.1) is 10.1 Å². The van der Waals surface area contributed by atoms with E-state index in [1.807, 2.05) is 43.6 Å². The number of amides is 1. The van der Waals surface area contributed by atoms with Gasteiger partial charge in [0.15, 0.2) is 0 Å². The van der Waals surface area contributed by atoms with Crippen molar-refractivity contribution in [2.24, 2.45) is 7.05 Å². The fourth-order valence-electron chi connectivity index (χ4n) is 4.51. The van der Waals surface area contributed by atoms with Gasteiger partial charge in [0.1, 0.15) is 11.6 Å². The van der Waals surface area contributed by atoms with Crippen LogP contribution in [0.15, 0.2) is 66.9 Å². The van der Waals surface area contributed by atoms with Crippen LogP contribution >= 0.6 is 0 Å². The summed E-state index contributed by atoms with van der Waals surface area (Å²) in [5.74, 6) is 1.61. The first-order valence-corrected chi connectivity index (χ1v) is 11.9. The van der Waals surface area contributed by atoms with Crippen LogP contribution in [-0.4, -0.2) is 63.0 Å². The Morgan fingerprint density at radius 2 is 1.89 bits per heavy atom. The molecule has 1 N–H and O–H groups in total. The minimum absolute atomic E-state index is 0.120. The maximum absolute atomic E-state index is 12.6. The van der Waals surface area contributed by atoms with Gasteiger partial charge in [0.2, 0.25) is 0 Å². The lowest BCUT2D eigenvalue weighted by Crippen LogP contribution is -2.47. The normalized spacial score (nSPS) is 14.2. The Kier molecular flexibility index (Phi) is 6.59. The Labute approximate surface area is 208 Å². The summed E-state index contributed by atoms with van der Waals surface area (Å²) in [4.78, 5) is 37.1. The molecular formula is C26H27N7O3. The average molecular weight is 486 g/mol. The molecule has 0 atom stereocenters. The van der Waals surface area contributed by atoms with Gasteiger partial charge in [0.05, 0.1) is 16.0 Å². The summed E-state index contributed by atoms with van der Waals surface area (Å²) in [7, 11) is 2.00. The van der Waals surface area contributed by atoms with E-state index in [1.54, 1.807) is 6.07 Å². The Morgan fingerprint density at radius 3 is 2.64 bits per heavy atom. The van der Waals surface area contributed by atoms with Crippen LogP contribution in [0.4, 0.5) is 17.2 Å². The quantitative estimate of drug-likeness (QED) is 0.315. The van der Waals surface area contributed by atoms with Crippen LogP contribution < -0.4 is 10.2 Å². The maximum atomic E-state index is 12.6. The number of pyridine rings is 1. The number of non-ortho nitro benzene ring substituents is 1. The van der Waals surface area contributed by atoms with E-state index in [0.717, 1.165) is 61.8 Å². The van der Waals surface area contributed by atoms with Crippen molar-refractivity contribution in [3.63, 3.8) is 0 Å². The van der Waals surface area contributed by atoms with Gasteiger partial charge in [-0.2, -0.15) is 0 Å². The minimum Gasteiger partial charge on any atom is -0.354 e. The van der Waals surface area contributed by atoms with Gasteiger partial charge in [0, 0.05) is 75.8 Å². The lowest BCUT2D eigenvalue weighted by molar-refractivity contribution is -0.384. The molecule has 1 amide bonds. The van der Waals surface area contributed by atoms with Gasteiger partial charge < -0.3 is 14.8 Å². The molecule has 0 radical (unpaired) electrons. The number of carbonyl (C=O) groups excluding carboxylic acids is 1. The van der Waals surface area contributed by atoms with Crippen molar-refractivity contribution in [2.75, 3.05) is 42.9 Å². The lowest BCUT2D eigenvalue weighted by Gasteiger charge is -2.35. The molecule has 1 saturated heterocycles. The molecule has 2 aromatic carbocycles. The summed E-state index contributed by atoms with van der Waals surface area (Å²) in [5, 5.41) is 13.8. The van der Waals surface area contributed by atoms with Crippen molar-refractivity contribution in [2.45, 2.75) is 6.42 Å². The van der Waals surface area contributed by atoms with E-state index in [-0.39, 0.29) is 11.3 Å². The zero-order valence-corrected chi connectivity index (χ0v) is 20.0. The summed E-state index contributed by atoms with van der Waals surface area (Å²) in [6.45, 7) is 4.78. The summed E-state index contributed by atoms with van der Waals surface area (Å²) in [6, 6.07) is 17.3. The second kappa shape index (κ2) is 10.1. The molecule has 184 valence electrons. The number of aromatic nitrogens is 3. The van der Waals surface area contributed by atoms with Crippen molar-refractivity contribution < 1.29 is 9.72 Å². The largest absolute Gasteiger partial charge is 0.354 e. The minimum atomic E-state index is -0.515. The first-order chi connectivity index (χ1) is 17.5. The number of fused-ring (bicyclic) bond motifs is 1. The van der Waals surface area contributed by atoms with Gasteiger partial charge in [-0.25, -0.2) is 9.97 Å². The lowest BCUT2D eigenvalue weighted by atomic mass is 10.2. The standard InChI is InChI=1S/C26H27N7O3/c1-30-23-9-8-20(28-26(34)19-5-4-6-21(17-19)33(35)36)18-22(23)29-25(30)10-12-31-13-15-32(16-14-31)24-7-2-3-11-27-24/h2-9,11,17-18H,10,12-16H2,1H3,(H,28,34). The molecule has 1 fully saturated rings. The van der Waals surface area contributed by atoms with E-state index < -0.39 is 10.8 Å². The second-order valence-corrected chi connectivity index (χ2v) is 8.82. The molecule has 10 heteroatoms. The zero-order chi connectivity index (χ0) is 25.1. The highest BCUT2D eigenvalue weighted by molar-refractivity contribution is 6.05. The molecule has 36 heavy (non-hydrogen) atoms. The number of aryl methyl sites for hydroxylation is 1. The molecule has 1 aliphatic heterocycles. The van der Waals surface area contributed by atoms with E-state index in [0.29, 0.717) is 5.69 Å². The molecule has 2 aromatic heterocycles. The molecule has 5 rings (SSSR count). The molecular weight excluding hydrogens is 458 g/mol. The third-order valence-corrected chi connectivity index (χ3v) is 6.55. The molecule has 4 aromatic rings. The summed E-state index contributed by atoms with van der Waals surface area (Å²) in [5.41, 5.74) is 2.48. The topological polar surface area (TPSA) is 109 Å². The van der Waals surface area contributed by atoms with Gasteiger partial charge in [-0.1, -0.05) is 12.1 Å². The number of hydrogen-bond acceptors (Lipinski definition) is 7. The predicted molar refractivity (Wildman–Crippen MR) is 138 cm³/mol. The first-order valence-electron chi connectivity index (χ1n) is 11.9. The van der Waals surface area contributed by atoms with Crippen LogP contribution in [0.5, 0.6) is 0 Å². The van der Waals surface area contributed by atoms with Crippen LogP contribution in [0.1, 0.15) is 16.2 Å². The number of benzene rings is 2. The Bertz CT molecular complexity index is 1400. The Hall–Kier alpha value is -4.31. The number of hydrogen-bond donors (Lipinski definition) is 1. The van der Waals surface area contributed by atoms with Crippen LogP contribution in [0.25, 0.3) is 11.0 Å². The number of nitro benzene ring substituents is 1. The number of carbonyl (C=O) groups is 1. The smallest absolute Gasteiger partial charge is 0.270 e. The number of nitro groups is 1. The molecule has 0 aliphatic carbocycles. The molecule has 3 heterocycles. The molecule has 1 aliphatic rings. The number of rotatable bonds is 7. The SMILES string of the molecule is Cn1c(CCN2CCN(c3ccccn3)CC2)nc2cc(NC(=O)c3cccc([N+](=O)[O-])c3)ccc21. The monoisotopic (exact) mass is 485 g/mol. The third kappa shape index (κ3) is 5.03. The van der Waals surface area contributed by atoms with Gasteiger partial charge in [0.25, 0.3) is 11.6 Å². The van der Waals surface area contributed by atoms with E-state index in [2.05, 4.69) is 30.7 Å². The highest BCUT2D eigenvalue weighted by atomic mass is 16.6. The number of anilines is 2. The van der Waals surface area contributed by atoms with Crippen molar-refractivity contribution in [1.82, 2.24) is 19.4 Å². The third-order valence-electron chi connectivity index (χ3n) is 6.55. The second-order valence-electron chi connectivity index (χ2n) is 8.82. The number of imidazole rings is 1. The van der Waals surface area contributed by atoms with Crippen LogP contribution in [0.3, 0.4) is 0 Å². The number of piperazine rings is 1. The van der Waals surface area contributed by atoms with Gasteiger partial charge >= 0.3 is 0 Å². The van der Waals surface area contributed by atoms with Crippen LogP contribution in [0.2, 0.25) is 0 Å². The molecule has 0 unspecified atom stereocenters. The van der Waals surface area contributed by atoms with E-state index in [9.17, 15) is 14.9 Å². The zero-order valence-electron chi connectivity index (χ0n) is 20.0. The van der Waals surface area contributed by atoms with E-state index in [1.165, 1.54) is 18.2 Å². The summed E-state index contributed by atoms with van der Waals surface area (Å²) < 4.78 is 2.09. The Balaban J connectivity index is 1.21. The van der Waals surface area contributed by atoms with Gasteiger partial charge in [-0.05, 0) is 36.4 Å². The van der Waals surface area contributed by atoms with Crippen molar-refractivity contribution in [3.05, 3.63) is 88.4 Å². The van der Waals surface area contributed by atoms with E-state index >= 15 is 0 Å². The summed E-state index contributed by atoms with van der Waals surface area (Å²) >= 11 is 0. The van der Waals surface area contributed by atoms with Crippen molar-refractivity contribution in [3.8, 4) is 0 Å². The fourth-order valence-corrected chi connectivity index (χ4v) is 4.51. The van der Waals surface area contributed by atoms with Crippen molar-refractivity contribution in [1.29, 1.82) is 0 Å². The van der Waals surface area contributed by atoms with Crippen molar-refractivity contribution >= 4 is 34.1 Å². The summed E-state index contributed by atoms with van der Waals surface area (Å²) in [6.07, 6.45) is 2.65.